The van der Waals surface area contributed by atoms with Crippen molar-refractivity contribution in [3.63, 3.8) is 0 Å². The highest BCUT2D eigenvalue weighted by atomic mass is 16.6. The molecule has 3 saturated heterocycles. The number of amides is 1. The lowest BCUT2D eigenvalue weighted by Gasteiger charge is -2.51. The number of pyridine rings is 1. The number of piperidine rings is 3. The topological polar surface area (TPSA) is 90.0 Å². The summed E-state index contributed by atoms with van der Waals surface area (Å²) < 4.78 is 16.5. The average molecular weight is 468 g/mol. The maximum atomic E-state index is 12.8. The molecule has 8 nitrogen and oxygen atoms in total. The van der Waals surface area contributed by atoms with Crippen LogP contribution in [0.5, 0.6) is 5.75 Å². The first-order chi connectivity index (χ1) is 16.5. The SMILES string of the molecule is C=CC(=O)OCCNC(=O)OC(c1ccnc2ccc(OC)cc12)C1CC2CCN1CC2CC. The van der Waals surface area contributed by atoms with E-state index in [9.17, 15) is 9.59 Å². The zero-order valence-corrected chi connectivity index (χ0v) is 19.9. The fraction of sp³-hybridized carbons (Fsp3) is 0.500. The van der Waals surface area contributed by atoms with Crippen LogP contribution in [0.1, 0.15) is 37.9 Å². The quantitative estimate of drug-likeness (QED) is 0.340. The lowest BCUT2D eigenvalue weighted by Crippen LogP contribution is -2.56. The molecule has 5 unspecified atom stereocenters. The van der Waals surface area contributed by atoms with Crippen molar-refractivity contribution in [2.75, 3.05) is 33.4 Å². The predicted octanol–water partition coefficient (Wildman–Crippen LogP) is 3.86. The molecule has 1 aromatic carbocycles. The van der Waals surface area contributed by atoms with Crippen molar-refractivity contribution >= 4 is 23.0 Å². The standard InChI is InChI=1S/C26H33N3O5/c1-4-17-16-29-12-9-18(17)14-23(29)25(34-26(31)28-11-13-33-24(30)5-2)20-8-10-27-22-7-6-19(32-3)15-21(20)22/h5-8,10,15,17-18,23,25H,2,4,9,11-14,16H2,1,3H3,(H,28,31). The van der Waals surface area contributed by atoms with Gasteiger partial charge in [0.1, 0.15) is 18.5 Å². The van der Waals surface area contributed by atoms with Crippen LogP contribution in [0, 0.1) is 11.8 Å². The van der Waals surface area contributed by atoms with Crippen molar-refractivity contribution < 1.29 is 23.8 Å². The summed E-state index contributed by atoms with van der Waals surface area (Å²) in [6.07, 6.45) is 5.19. The number of carbonyl (C=O) groups excluding carboxylic acids is 2. The molecular weight excluding hydrogens is 434 g/mol. The molecule has 1 N–H and O–H groups in total. The smallest absolute Gasteiger partial charge is 0.407 e. The van der Waals surface area contributed by atoms with E-state index < -0.39 is 18.2 Å². The number of ether oxygens (including phenoxy) is 3. The summed E-state index contributed by atoms with van der Waals surface area (Å²) >= 11 is 0. The zero-order chi connectivity index (χ0) is 24.1. The van der Waals surface area contributed by atoms with Crippen LogP contribution < -0.4 is 10.1 Å². The van der Waals surface area contributed by atoms with Crippen molar-refractivity contribution in [2.45, 2.75) is 38.3 Å². The maximum absolute atomic E-state index is 12.8. The molecule has 2 aromatic rings. The minimum atomic E-state index is -0.540. The number of esters is 1. The third-order valence-corrected chi connectivity index (χ3v) is 7.12. The Morgan fingerprint density at radius 3 is 2.91 bits per heavy atom. The van der Waals surface area contributed by atoms with Gasteiger partial charge in [-0.1, -0.05) is 19.9 Å². The minimum absolute atomic E-state index is 0.0514. The van der Waals surface area contributed by atoms with E-state index in [1.165, 1.54) is 12.8 Å². The van der Waals surface area contributed by atoms with E-state index >= 15 is 0 Å². The number of alkyl carbamates (subject to hydrolysis) is 1. The molecule has 0 radical (unpaired) electrons. The molecule has 4 heterocycles. The second-order valence-electron chi connectivity index (χ2n) is 8.92. The predicted molar refractivity (Wildman–Crippen MR) is 129 cm³/mol. The summed E-state index contributed by atoms with van der Waals surface area (Å²) in [6.45, 7) is 7.86. The van der Waals surface area contributed by atoms with E-state index in [-0.39, 0.29) is 19.2 Å². The van der Waals surface area contributed by atoms with E-state index in [0.29, 0.717) is 11.8 Å². The van der Waals surface area contributed by atoms with Crippen LogP contribution in [-0.4, -0.2) is 61.3 Å². The number of benzene rings is 1. The first-order valence-electron chi connectivity index (χ1n) is 11.9. The van der Waals surface area contributed by atoms with Gasteiger partial charge in [0.15, 0.2) is 0 Å². The Balaban J connectivity index is 1.59. The number of nitrogens with zero attached hydrogens (tertiary/aromatic N) is 2. The molecule has 1 aromatic heterocycles. The minimum Gasteiger partial charge on any atom is -0.497 e. The molecule has 0 aliphatic carbocycles. The van der Waals surface area contributed by atoms with Gasteiger partial charge >= 0.3 is 12.1 Å². The first-order valence-corrected chi connectivity index (χ1v) is 11.9. The molecule has 2 bridgehead atoms. The average Bonchev–Trinajstić information content (AvgIpc) is 2.89. The van der Waals surface area contributed by atoms with Gasteiger partial charge in [-0.05, 0) is 55.5 Å². The number of aromatic nitrogens is 1. The van der Waals surface area contributed by atoms with Crippen LogP contribution in [-0.2, 0) is 14.3 Å². The van der Waals surface area contributed by atoms with Gasteiger partial charge in [-0.3, -0.25) is 9.88 Å². The van der Waals surface area contributed by atoms with Crippen LogP contribution in [0.25, 0.3) is 10.9 Å². The van der Waals surface area contributed by atoms with Gasteiger partial charge in [-0.2, -0.15) is 0 Å². The highest BCUT2D eigenvalue weighted by Crippen LogP contribution is 2.44. The molecular formula is C26H33N3O5. The number of rotatable bonds is 9. The molecule has 8 heteroatoms. The van der Waals surface area contributed by atoms with Gasteiger partial charge in [-0.15, -0.1) is 0 Å². The molecule has 5 rings (SSSR count). The summed E-state index contributed by atoms with van der Waals surface area (Å²) in [7, 11) is 1.63. The monoisotopic (exact) mass is 467 g/mol. The van der Waals surface area contributed by atoms with Gasteiger partial charge in [0, 0.05) is 29.8 Å². The van der Waals surface area contributed by atoms with Gasteiger partial charge in [0.2, 0.25) is 0 Å². The second-order valence-corrected chi connectivity index (χ2v) is 8.92. The molecule has 1 amide bonds. The van der Waals surface area contributed by atoms with Crippen molar-refractivity contribution in [1.82, 2.24) is 15.2 Å². The van der Waals surface area contributed by atoms with E-state index in [1.54, 1.807) is 13.3 Å². The largest absolute Gasteiger partial charge is 0.497 e. The number of nitrogens with one attached hydrogen (secondary N) is 1. The van der Waals surface area contributed by atoms with Gasteiger partial charge in [0.25, 0.3) is 0 Å². The molecule has 182 valence electrons. The van der Waals surface area contributed by atoms with Crippen LogP contribution in [0.3, 0.4) is 0 Å². The fourth-order valence-electron chi connectivity index (χ4n) is 5.35. The van der Waals surface area contributed by atoms with Gasteiger partial charge < -0.3 is 19.5 Å². The Hall–Kier alpha value is -3.13. The lowest BCUT2D eigenvalue weighted by atomic mass is 9.72. The third-order valence-electron chi connectivity index (χ3n) is 7.12. The molecule has 3 fully saturated rings. The number of hydrogen-bond donors (Lipinski definition) is 1. The molecule has 0 spiro atoms. The summed E-state index contributed by atoms with van der Waals surface area (Å²) in [4.78, 5) is 31.0. The Morgan fingerprint density at radius 2 is 2.21 bits per heavy atom. The van der Waals surface area contributed by atoms with E-state index in [1.807, 2.05) is 24.3 Å². The molecule has 3 aliphatic rings. The van der Waals surface area contributed by atoms with Crippen LogP contribution >= 0.6 is 0 Å². The summed E-state index contributed by atoms with van der Waals surface area (Å²) in [5.41, 5.74) is 1.74. The van der Waals surface area contributed by atoms with E-state index in [0.717, 1.165) is 47.8 Å². The van der Waals surface area contributed by atoms with Crippen LogP contribution in [0.4, 0.5) is 4.79 Å². The Kier molecular flexibility index (Phi) is 7.67. The van der Waals surface area contributed by atoms with E-state index in [4.69, 9.17) is 14.2 Å². The summed E-state index contributed by atoms with van der Waals surface area (Å²) in [6, 6.07) is 7.77. The lowest BCUT2D eigenvalue weighted by molar-refractivity contribution is -0.137. The second kappa shape index (κ2) is 10.9. The molecule has 34 heavy (non-hydrogen) atoms. The molecule has 3 aliphatic heterocycles. The number of carbonyl (C=O) groups is 2. The van der Waals surface area contributed by atoms with Crippen molar-refractivity contribution in [2.24, 2.45) is 11.8 Å². The first kappa shape index (κ1) is 24.0. The maximum Gasteiger partial charge on any atom is 0.407 e. The molecule has 0 saturated carbocycles. The van der Waals surface area contributed by atoms with Crippen LogP contribution in [0.2, 0.25) is 0 Å². The van der Waals surface area contributed by atoms with Crippen LogP contribution in [0.15, 0.2) is 43.1 Å². The Morgan fingerprint density at radius 1 is 1.35 bits per heavy atom. The number of hydrogen-bond acceptors (Lipinski definition) is 7. The summed E-state index contributed by atoms with van der Waals surface area (Å²) in [5.74, 6) is 1.52. The Labute approximate surface area is 200 Å². The van der Waals surface area contributed by atoms with Crippen molar-refractivity contribution in [3.8, 4) is 5.75 Å². The normalized spacial score (nSPS) is 24.3. The van der Waals surface area contributed by atoms with Crippen molar-refractivity contribution in [1.29, 1.82) is 0 Å². The highest BCUT2D eigenvalue weighted by molar-refractivity contribution is 5.84. The number of methoxy groups -OCH3 is 1. The zero-order valence-electron chi connectivity index (χ0n) is 19.9. The van der Waals surface area contributed by atoms with Crippen molar-refractivity contribution in [3.05, 3.63) is 48.7 Å². The fourth-order valence-corrected chi connectivity index (χ4v) is 5.35. The molecule has 5 atom stereocenters. The van der Waals surface area contributed by atoms with Gasteiger partial charge in [0.05, 0.1) is 25.2 Å². The highest BCUT2D eigenvalue weighted by Gasteiger charge is 2.44. The Bertz CT molecular complexity index is 1040. The van der Waals surface area contributed by atoms with Gasteiger partial charge in [-0.25, -0.2) is 9.59 Å². The van der Waals surface area contributed by atoms with E-state index in [2.05, 4.69) is 28.7 Å². The number of fused-ring (bicyclic) bond motifs is 4. The summed E-state index contributed by atoms with van der Waals surface area (Å²) in [5, 5.41) is 3.62. The third kappa shape index (κ3) is 5.17.